The van der Waals surface area contributed by atoms with Gasteiger partial charge < -0.3 is 0 Å². The molecule has 0 spiro atoms. The second kappa shape index (κ2) is 11.7. The molecule has 0 N–H and O–H groups in total. The van der Waals surface area contributed by atoms with Crippen molar-refractivity contribution in [3.05, 3.63) is 0 Å². The van der Waals surface area contributed by atoms with E-state index in [4.69, 9.17) is 0 Å². The van der Waals surface area contributed by atoms with E-state index in [1.807, 2.05) is 0 Å². The highest BCUT2D eigenvalue weighted by Gasteiger charge is 2.24. The van der Waals surface area contributed by atoms with Gasteiger partial charge in [0.05, 0.1) is 0 Å². The van der Waals surface area contributed by atoms with Crippen molar-refractivity contribution in [1.29, 1.82) is 0 Å². The Bertz CT molecular complexity index is 277. The van der Waals surface area contributed by atoms with Gasteiger partial charge in [-0.15, -0.1) is 0 Å². The Kier molecular flexibility index (Phi) is 9.21. The normalized spacial score (nSPS) is 28.3. The zero-order valence-corrected chi connectivity index (χ0v) is 17.2. The van der Waals surface area contributed by atoms with E-state index < -0.39 is 0 Å². The zero-order chi connectivity index (χ0) is 17.2. The van der Waals surface area contributed by atoms with E-state index in [1.165, 1.54) is 77.0 Å². The molecule has 0 heterocycles. The summed E-state index contributed by atoms with van der Waals surface area (Å²) in [5.41, 5.74) is 0. The molecular formula is C25H46. The van der Waals surface area contributed by atoms with Crippen molar-refractivity contribution < 1.29 is 0 Å². The van der Waals surface area contributed by atoms with Crippen molar-refractivity contribution in [3.8, 4) is 0 Å². The number of rotatable bonds is 3. The third-order valence-electron chi connectivity index (χ3n) is 8.08. The first-order chi connectivity index (χ1) is 12.4. The molecule has 0 heteroatoms. The summed E-state index contributed by atoms with van der Waals surface area (Å²) in [5.74, 6) is 4.52. The smallest absolute Gasteiger partial charge is 0.0386 e. The van der Waals surface area contributed by atoms with Crippen LogP contribution in [0.1, 0.15) is 135 Å². The summed E-state index contributed by atoms with van der Waals surface area (Å²) in [6, 6.07) is 0. The fraction of sp³-hybridized carbons (Fsp3) is 1.00. The molecule has 4 rings (SSSR count). The molecule has 0 aliphatic heterocycles. The lowest BCUT2D eigenvalue weighted by Crippen LogP contribution is -2.20. The van der Waals surface area contributed by atoms with E-state index in [2.05, 4.69) is 0 Å². The van der Waals surface area contributed by atoms with Crippen LogP contribution in [0.4, 0.5) is 0 Å². The van der Waals surface area contributed by atoms with Gasteiger partial charge in [-0.05, 0) is 30.1 Å². The Morgan fingerprint density at radius 2 is 0.600 bits per heavy atom. The maximum absolute atomic E-state index is 1.58. The molecule has 0 saturated heterocycles. The largest absolute Gasteiger partial charge is 0.0533 e. The van der Waals surface area contributed by atoms with Crippen molar-refractivity contribution in [2.24, 2.45) is 23.7 Å². The first kappa shape index (κ1) is 19.8. The van der Waals surface area contributed by atoms with Crippen LogP contribution in [0.3, 0.4) is 0 Å². The second-order valence-electron chi connectivity index (χ2n) is 10.0. The molecular weight excluding hydrogens is 300 g/mol. The quantitative estimate of drug-likeness (QED) is 0.479. The van der Waals surface area contributed by atoms with Gasteiger partial charge in [-0.2, -0.15) is 0 Å². The van der Waals surface area contributed by atoms with Crippen molar-refractivity contribution in [1.82, 2.24) is 0 Å². The van der Waals surface area contributed by atoms with Gasteiger partial charge in [0.25, 0.3) is 0 Å². The first-order valence-corrected chi connectivity index (χ1v) is 12.4. The predicted octanol–water partition coefficient (Wildman–Crippen LogP) is 8.68. The predicted molar refractivity (Wildman–Crippen MR) is 111 cm³/mol. The van der Waals surface area contributed by atoms with Crippen molar-refractivity contribution in [3.63, 3.8) is 0 Å². The van der Waals surface area contributed by atoms with E-state index in [9.17, 15) is 0 Å². The van der Waals surface area contributed by atoms with Crippen molar-refractivity contribution in [2.75, 3.05) is 0 Å². The minimum atomic E-state index is 1.12. The summed E-state index contributed by atoms with van der Waals surface area (Å²) in [6.45, 7) is 0. The van der Waals surface area contributed by atoms with Gasteiger partial charge in [-0.3, -0.25) is 0 Å². The molecule has 0 radical (unpaired) electrons. The fourth-order valence-corrected chi connectivity index (χ4v) is 6.53. The molecule has 0 amide bonds. The van der Waals surface area contributed by atoms with Gasteiger partial charge in [0.15, 0.2) is 0 Å². The molecule has 4 aliphatic rings. The molecule has 0 bridgehead atoms. The minimum Gasteiger partial charge on any atom is -0.0533 e. The van der Waals surface area contributed by atoms with Crippen LogP contribution in [0.5, 0.6) is 0 Å². The van der Waals surface area contributed by atoms with Crippen LogP contribution in [0, 0.1) is 23.7 Å². The lowest BCUT2D eigenvalue weighted by Gasteiger charge is -2.32. The van der Waals surface area contributed by atoms with Crippen LogP contribution in [0.15, 0.2) is 0 Å². The first-order valence-electron chi connectivity index (χ1n) is 12.4. The van der Waals surface area contributed by atoms with Crippen molar-refractivity contribution in [2.45, 2.75) is 135 Å². The zero-order valence-electron chi connectivity index (χ0n) is 17.2. The molecule has 146 valence electrons. The monoisotopic (exact) mass is 346 g/mol. The van der Waals surface area contributed by atoms with Gasteiger partial charge >= 0.3 is 0 Å². The Morgan fingerprint density at radius 3 is 0.920 bits per heavy atom. The molecule has 4 aliphatic carbocycles. The minimum absolute atomic E-state index is 1.12. The third-order valence-corrected chi connectivity index (χ3v) is 8.08. The molecule has 4 saturated carbocycles. The van der Waals surface area contributed by atoms with Crippen LogP contribution < -0.4 is 0 Å². The molecule has 0 unspecified atom stereocenters. The molecule has 0 aromatic carbocycles. The van der Waals surface area contributed by atoms with Crippen LogP contribution in [-0.4, -0.2) is 0 Å². The van der Waals surface area contributed by atoms with Gasteiger partial charge in [0, 0.05) is 0 Å². The average molecular weight is 347 g/mol. The van der Waals surface area contributed by atoms with Crippen LogP contribution in [-0.2, 0) is 0 Å². The van der Waals surface area contributed by atoms with Crippen LogP contribution in [0.25, 0.3) is 0 Å². The Hall–Kier alpha value is 0. The van der Waals surface area contributed by atoms with Crippen LogP contribution in [0.2, 0.25) is 0 Å². The highest BCUT2D eigenvalue weighted by Crippen LogP contribution is 2.38. The van der Waals surface area contributed by atoms with E-state index >= 15 is 0 Å². The Morgan fingerprint density at radius 1 is 0.320 bits per heavy atom. The fourth-order valence-electron chi connectivity index (χ4n) is 6.53. The van der Waals surface area contributed by atoms with E-state index in [1.54, 1.807) is 57.8 Å². The van der Waals surface area contributed by atoms with Gasteiger partial charge in [0.1, 0.15) is 0 Å². The molecule has 4 fully saturated rings. The summed E-state index contributed by atoms with van der Waals surface area (Å²) < 4.78 is 0. The third kappa shape index (κ3) is 7.26. The maximum atomic E-state index is 1.58. The van der Waals surface area contributed by atoms with Gasteiger partial charge in [0.2, 0.25) is 0 Å². The summed E-state index contributed by atoms with van der Waals surface area (Å²) in [5, 5.41) is 0. The highest BCUT2D eigenvalue weighted by atomic mass is 14.3. The topological polar surface area (TPSA) is 0 Å². The molecule has 0 nitrogen and oxygen atoms in total. The summed E-state index contributed by atoms with van der Waals surface area (Å²) >= 11 is 0. The second-order valence-corrected chi connectivity index (χ2v) is 10.0. The Balaban J connectivity index is 0.000000146. The number of hydrogen-bond donors (Lipinski definition) is 0. The Labute approximate surface area is 158 Å². The average Bonchev–Trinajstić information content (AvgIpc) is 2.71. The highest BCUT2D eigenvalue weighted by molar-refractivity contribution is 4.76. The summed E-state index contributed by atoms with van der Waals surface area (Å²) in [4.78, 5) is 0. The number of hydrogen-bond acceptors (Lipinski definition) is 0. The molecule has 0 atom stereocenters. The van der Waals surface area contributed by atoms with E-state index in [0.717, 1.165) is 23.7 Å². The standard InChI is InChI=1S/C13H24.C12H22/c1-3-7-12(8-4-1)11-13-9-5-2-6-10-13;1-3-7-11(8-4-1)12-9-5-2-6-10-12/h12-13H,1-11H2;11-12H,1-10H2. The van der Waals surface area contributed by atoms with Gasteiger partial charge in [-0.1, -0.05) is 128 Å². The van der Waals surface area contributed by atoms with E-state index in [-0.39, 0.29) is 0 Å². The maximum Gasteiger partial charge on any atom is -0.0386 e. The summed E-state index contributed by atoms with van der Waals surface area (Å²) in [7, 11) is 0. The van der Waals surface area contributed by atoms with Gasteiger partial charge in [-0.25, -0.2) is 0 Å². The molecule has 25 heavy (non-hydrogen) atoms. The van der Waals surface area contributed by atoms with Crippen LogP contribution >= 0.6 is 0 Å². The lowest BCUT2D eigenvalue weighted by atomic mass is 9.73. The molecule has 0 aromatic rings. The molecule has 0 aromatic heterocycles. The summed E-state index contributed by atoms with van der Waals surface area (Å²) in [6.07, 6.45) is 32.3. The SMILES string of the molecule is C1CCC(C2CCCCC2)CC1.C1CCC(CC2CCCCC2)CC1. The van der Waals surface area contributed by atoms with Crippen molar-refractivity contribution >= 4 is 0 Å². The lowest BCUT2D eigenvalue weighted by molar-refractivity contribution is 0.196. The van der Waals surface area contributed by atoms with E-state index in [0.29, 0.717) is 0 Å².